The fraction of sp³-hybridized carbons (Fsp3) is 0.0667. The second kappa shape index (κ2) is 7.62. The summed E-state index contributed by atoms with van der Waals surface area (Å²) in [5, 5.41) is 16.5. The van der Waals surface area contributed by atoms with E-state index in [-0.39, 0.29) is 5.82 Å². The first-order valence-corrected chi connectivity index (χ1v) is 8.79. The molecule has 10 heteroatoms. The summed E-state index contributed by atoms with van der Waals surface area (Å²) in [6, 6.07) is 3.15. The Bertz CT molecular complexity index is 948. The van der Waals surface area contributed by atoms with E-state index in [1.54, 1.807) is 12.3 Å². The fourth-order valence-corrected chi connectivity index (χ4v) is 2.42. The molecule has 0 fully saturated rings. The minimum Gasteiger partial charge on any atom is -0.323 e. The summed E-state index contributed by atoms with van der Waals surface area (Å²) < 4.78 is 37.1. The van der Waals surface area contributed by atoms with Gasteiger partial charge < -0.3 is 10.7 Å². The molecule has 0 aliphatic heterocycles. The van der Waals surface area contributed by atoms with Crippen LogP contribution in [0.1, 0.15) is 11.1 Å². The van der Waals surface area contributed by atoms with Gasteiger partial charge in [0.25, 0.3) is 0 Å². The van der Waals surface area contributed by atoms with E-state index >= 15 is 0 Å². The Morgan fingerprint density at radius 3 is 2.80 bits per heavy atom. The molecule has 0 amide bonds. The van der Waals surface area contributed by atoms with Gasteiger partial charge in [-0.25, -0.2) is 18.4 Å². The van der Waals surface area contributed by atoms with Gasteiger partial charge in [-0.3, -0.25) is 5.10 Å². The maximum absolute atomic E-state index is 13.4. The number of aromatic nitrogens is 3. The molecule has 2 aromatic heterocycles. The van der Waals surface area contributed by atoms with Crippen molar-refractivity contribution < 1.29 is 12.8 Å². The van der Waals surface area contributed by atoms with Crippen LogP contribution in [-0.4, -0.2) is 42.0 Å². The smallest absolute Gasteiger partial charge is 0.213 e. The number of aliphatic imine (C=N–C) groups is 1. The van der Waals surface area contributed by atoms with Crippen LogP contribution in [0.15, 0.2) is 47.2 Å². The van der Waals surface area contributed by atoms with Crippen molar-refractivity contribution in [3.05, 3.63) is 53.3 Å². The van der Waals surface area contributed by atoms with Crippen LogP contribution in [0.3, 0.4) is 0 Å². The highest BCUT2D eigenvalue weighted by Gasteiger charge is 2.14. The quantitative estimate of drug-likeness (QED) is 0.653. The van der Waals surface area contributed by atoms with Crippen LogP contribution in [-0.2, 0) is 9.84 Å². The molecule has 0 saturated heterocycles. The third-order valence-electron chi connectivity index (χ3n) is 2.96. The van der Waals surface area contributed by atoms with E-state index in [2.05, 4.69) is 32.1 Å². The Morgan fingerprint density at radius 1 is 1.48 bits per heavy atom. The molecular formula is C15H15FN6O2S. The summed E-state index contributed by atoms with van der Waals surface area (Å²) in [6.45, 7) is 3.20. The summed E-state index contributed by atoms with van der Waals surface area (Å²) in [5.74, 6) is -0.273. The number of rotatable bonds is 7. The third kappa shape index (κ3) is 4.67. The van der Waals surface area contributed by atoms with Gasteiger partial charge in [-0.15, -0.1) is 0 Å². The molecule has 0 atom stereocenters. The Hall–Kier alpha value is -3.14. The molecule has 0 radical (unpaired) electrons. The molecule has 0 aliphatic carbocycles. The predicted octanol–water partition coefficient (Wildman–Crippen LogP) is 2.44. The molecule has 0 aromatic carbocycles. The number of halogens is 1. The summed E-state index contributed by atoms with van der Waals surface area (Å²) in [6.07, 6.45) is 6.89. The predicted molar refractivity (Wildman–Crippen MR) is 95.6 cm³/mol. The molecule has 2 rings (SSSR count). The van der Waals surface area contributed by atoms with Gasteiger partial charge in [0, 0.05) is 36.5 Å². The lowest BCUT2D eigenvalue weighted by atomic mass is 10.1. The van der Waals surface area contributed by atoms with E-state index in [1.165, 1.54) is 12.3 Å². The largest absolute Gasteiger partial charge is 0.323 e. The minimum absolute atomic E-state index is 0.289. The lowest BCUT2D eigenvalue weighted by Gasteiger charge is -2.09. The number of allylic oxidation sites excluding steroid dienone is 1. The van der Waals surface area contributed by atoms with Crippen molar-refractivity contribution in [3.8, 4) is 0 Å². The molecule has 0 spiro atoms. The monoisotopic (exact) mass is 362 g/mol. The van der Waals surface area contributed by atoms with Gasteiger partial charge in [0.15, 0.2) is 20.7 Å². The maximum atomic E-state index is 13.4. The Labute approximate surface area is 143 Å². The molecule has 2 heterocycles. The Balaban J connectivity index is 2.57. The van der Waals surface area contributed by atoms with Gasteiger partial charge in [0.2, 0.25) is 5.97 Å². The van der Waals surface area contributed by atoms with E-state index in [0.29, 0.717) is 16.9 Å². The van der Waals surface area contributed by atoms with Crippen molar-refractivity contribution in [1.29, 1.82) is 5.41 Å². The highest BCUT2D eigenvalue weighted by atomic mass is 32.2. The highest BCUT2D eigenvalue weighted by molar-refractivity contribution is 7.94. The number of H-pyrrole nitrogens is 1. The number of hydrogen-bond acceptors (Lipinski definition) is 7. The van der Waals surface area contributed by atoms with Gasteiger partial charge >= 0.3 is 0 Å². The van der Waals surface area contributed by atoms with E-state index < -0.39 is 20.8 Å². The second-order valence-corrected chi connectivity index (χ2v) is 6.75. The number of hydrogen-bond donors (Lipinski definition) is 3. The molecular weight excluding hydrogens is 347 g/mol. The Morgan fingerprint density at radius 2 is 2.24 bits per heavy atom. The normalized spacial score (nSPS) is 12.7. The SMILES string of the molecule is C=C/C(F)=N\C(=C\c1ccnc(Nc2cc[nH]n2)c1C=N)S(C)(=O)=O. The summed E-state index contributed by atoms with van der Waals surface area (Å²) in [7, 11) is -3.80. The molecule has 2 aromatic rings. The van der Waals surface area contributed by atoms with Gasteiger partial charge in [-0.2, -0.15) is 9.49 Å². The lowest BCUT2D eigenvalue weighted by molar-refractivity contribution is 0.607. The molecule has 25 heavy (non-hydrogen) atoms. The van der Waals surface area contributed by atoms with Gasteiger partial charge in [-0.05, 0) is 23.8 Å². The van der Waals surface area contributed by atoms with Crippen molar-refractivity contribution in [2.45, 2.75) is 0 Å². The van der Waals surface area contributed by atoms with Crippen molar-refractivity contribution in [1.82, 2.24) is 15.2 Å². The summed E-state index contributed by atoms with van der Waals surface area (Å²) in [5.41, 5.74) is 0.616. The van der Waals surface area contributed by atoms with Crippen molar-refractivity contribution in [2.24, 2.45) is 4.99 Å². The minimum atomic E-state index is -3.80. The fourth-order valence-electron chi connectivity index (χ4n) is 1.82. The molecule has 130 valence electrons. The zero-order chi connectivity index (χ0) is 18.4. The molecule has 0 bridgehead atoms. The van der Waals surface area contributed by atoms with E-state index in [0.717, 1.165) is 24.6 Å². The van der Waals surface area contributed by atoms with Crippen LogP contribution >= 0.6 is 0 Å². The van der Waals surface area contributed by atoms with Crippen LogP contribution in [0.2, 0.25) is 0 Å². The van der Waals surface area contributed by atoms with Crippen LogP contribution in [0, 0.1) is 5.41 Å². The number of nitrogens with one attached hydrogen (secondary N) is 3. The molecule has 8 nitrogen and oxygen atoms in total. The zero-order valence-corrected chi connectivity index (χ0v) is 14.0. The average Bonchev–Trinajstić information content (AvgIpc) is 3.06. The van der Waals surface area contributed by atoms with Crippen LogP contribution in [0.25, 0.3) is 6.08 Å². The maximum Gasteiger partial charge on any atom is 0.213 e. The van der Waals surface area contributed by atoms with E-state index in [4.69, 9.17) is 5.41 Å². The van der Waals surface area contributed by atoms with Crippen LogP contribution < -0.4 is 5.32 Å². The molecule has 0 saturated carbocycles. The summed E-state index contributed by atoms with van der Waals surface area (Å²) in [4.78, 5) is 7.52. The van der Waals surface area contributed by atoms with E-state index in [9.17, 15) is 12.8 Å². The van der Waals surface area contributed by atoms with Gasteiger partial charge in [0.1, 0.15) is 5.82 Å². The third-order valence-corrected chi connectivity index (χ3v) is 3.93. The second-order valence-electron chi connectivity index (χ2n) is 4.78. The lowest BCUT2D eigenvalue weighted by Crippen LogP contribution is -2.03. The highest BCUT2D eigenvalue weighted by Crippen LogP contribution is 2.22. The first-order chi connectivity index (χ1) is 11.8. The standard InChI is InChI=1S/C15H15FN6O2S/c1-3-12(16)20-14(25(2,23)24)8-10-4-6-18-15(11(10)9-17)21-13-5-7-19-22-13/h3-9,17H,1H2,2H3,(H2,18,19,21,22)/b14-8-,17-9?,20-12+. The first-order valence-electron chi connectivity index (χ1n) is 6.90. The number of anilines is 2. The van der Waals surface area contributed by atoms with Crippen LogP contribution in [0.4, 0.5) is 16.0 Å². The molecule has 3 N–H and O–H groups in total. The number of nitrogens with zero attached hydrogens (tertiary/aromatic N) is 3. The van der Waals surface area contributed by atoms with Crippen LogP contribution in [0.5, 0.6) is 0 Å². The average molecular weight is 362 g/mol. The van der Waals surface area contributed by atoms with E-state index in [1.807, 2.05) is 0 Å². The molecule has 0 unspecified atom stereocenters. The van der Waals surface area contributed by atoms with Crippen molar-refractivity contribution >= 4 is 39.7 Å². The van der Waals surface area contributed by atoms with Gasteiger partial charge in [0.05, 0.1) is 0 Å². The zero-order valence-electron chi connectivity index (χ0n) is 13.2. The van der Waals surface area contributed by atoms with Crippen molar-refractivity contribution in [2.75, 3.05) is 11.6 Å². The molecule has 0 aliphatic rings. The topological polar surface area (TPSA) is 124 Å². The Kier molecular flexibility index (Phi) is 5.55. The summed E-state index contributed by atoms with van der Waals surface area (Å²) >= 11 is 0. The number of pyridine rings is 1. The van der Waals surface area contributed by atoms with Gasteiger partial charge in [-0.1, -0.05) is 6.58 Å². The first kappa shape index (κ1) is 18.2. The van der Waals surface area contributed by atoms with Crippen molar-refractivity contribution in [3.63, 3.8) is 0 Å². The number of aromatic amines is 1. The number of sulfone groups is 1.